The Morgan fingerprint density at radius 3 is 2.35 bits per heavy atom. The van der Waals surface area contributed by atoms with E-state index in [0.717, 1.165) is 11.2 Å². The van der Waals surface area contributed by atoms with Gasteiger partial charge >= 0.3 is 0 Å². The molecule has 0 bridgehead atoms. The molecule has 0 saturated heterocycles. The first-order chi connectivity index (χ1) is 8.02. The van der Waals surface area contributed by atoms with Gasteiger partial charge < -0.3 is 0 Å². The zero-order chi connectivity index (χ0) is 13.2. The average molecular weight is 236 g/mol. The largest absolute Gasteiger partial charge is 0.271 e. The number of fused-ring (bicyclic) bond motifs is 1. The minimum atomic E-state index is -0.135. The molecule has 3 heteroatoms. The molecule has 0 fully saturated rings. The van der Waals surface area contributed by atoms with Crippen molar-refractivity contribution in [1.29, 1.82) is 0 Å². The number of aryl methyl sites for hydroxylation is 2. The third-order valence-electron chi connectivity index (χ3n) is 2.72. The summed E-state index contributed by atoms with van der Waals surface area (Å²) in [6.07, 6.45) is 0. The standard InChI is InChI=1S/C12H15FN2.C2H6/c1-7(2)12-10-9(14-15(12)4)6-5-8(3)11(10)13;1-2/h5-7H,1-4H3;1-2H3. The zero-order valence-electron chi connectivity index (χ0n) is 11.5. The minimum absolute atomic E-state index is 0.135. The van der Waals surface area contributed by atoms with E-state index in [1.807, 2.05) is 27.0 Å². The Morgan fingerprint density at radius 1 is 1.24 bits per heavy atom. The van der Waals surface area contributed by atoms with Gasteiger partial charge in [-0.2, -0.15) is 5.10 Å². The monoisotopic (exact) mass is 236 g/mol. The number of nitrogens with zero attached hydrogens (tertiary/aromatic N) is 2. The van der Waals surface area contributed by atoms with E-state index in [9.17, 15) is 4.39 Å². The summed E-state index contributed by atoms with van der Waals surface area (Å²) in [5.74, 6) is 0.139. The van der Waals surface area contributed by atoms with Gasteiger partial charge in [-0.15, -0.1) is 0 Å². The van der Waals surface area contributed by atoms with Crippen LogP contribution in [-0.4, -0.2) is 9.78 Å². The van der Waals surface area contributed by atoms with Crippen LogP contribution in [0, 0.1) is 12.7 Å². The first-order valence-electron chi connectivity index (χ1n) is 6.14. The van der Waals surface area contributed by atoms with E-state index in [-0.39, 0.29) is 11.7 Å². The highest BCUT2D eigenvalue weighted by atomic mass is 19.1. The Labute approximate surface area is 102 Å². The van der Waals surface area contributed by atoms with E-state index in [0.29, 0.717) is 10.9 Å². The molecular formula is C14H21FN2. The quantitative estimate of drug-likeness (QED) is 0.726. The van der Waals surface area contributed by atoms with Crippen LogP contribution in [0.15, 0.2) is 12.1 Å². The highest BCUT2D eigenvalue weighted by molar-refractivity contribution is 5.83. The lowest BCUT2D eigenvalue weighted by Gasteiger charge is -2.06. The molecule has 1 heterocycles. The summed E-state index contributed by atoms with van der Waals surface area (Å²) in [5.41, 5.74) is 2.38. The highest BCUT2D eigenvalue weighted by Crippen LogP contribution is 2.28. The minimum Gasteiger partial charge on any atom is -0.271 e. The fourth-order valence-electron chi connectivity index (χ4n) is 2.04. The van der Waals surface area contributed by atoms with E-state index in [2.05, 4.69) is 18.9 Å². The Kier molecular flexibility index (Phi) is 4.27. The molecule has 0 unspecified atom stereocenters. The van der Waals surface area contributed by atoms with Gasteiger partial charge in [0.05, 0.1) is 16.6 Å². The van der Waals surface area contributed by atoms with E-state index in [4.69, 9.17) is 0 Å². The third kappa shape index (κ3) is 2.33. The Hall–Kier alpha value is -1.38. The normalized spacial score (nSPS) is 10.6. The summed E-state index contributed by atoms with van der Waals surface area (Å²) < 4.78 is 15.8. The second kappa shape index (κ2) is 5.30. The van der Waals surface area contributed by atoms with Gasteiger partial charge in [-0.1, -0.05) is 33.8 Å². The lowest BCUT2D eigenvalue weighted by Crippen LogP contribution is -2.00. The summed E-state index contributed by atoms with van der Waals surface area (Å²) in [4.78, 5) is 0. The zero-order valence-corrected chi connectivity index (χ0v) is 11.5. The smallest absolute Gasteiger partial charge is 0.137 e. The molecule has 0 aliphatic carbocycles. The molecule has 0 amide bonds. The van der Waals surface area contributed by atoms with Crippen molar-refractivity contribution in [1.82, 2.24) is 9.78 Å². The Bertz CT molecular complexity index is 512. The summed E-state index contributed by atoms with van der Waals surface area (Å²) in [7, 11) is 1.87. The van der Waals surface area contributed by atoms with Crippen molar-refractivity contribution in [3.05, 3.63) is 29.2 Å². The number of aromatic nitrogens is 2. The molecule has 0 radical (unpaired) electrons. The first-order valence-corrected chi connectivity index (χ1v) is 6.14. The van der Waals surface area contributed by atoms with Crippen molar-refractivity contribution in [3.8, 4) is 0 Å². The number of hydrogen-bond donors (Lipinski definition) is 0. The van der Waals surface area contributed by atoms with Crippen molar-refractivity contribution >= 4 is 10.9 Å². The van der Waals surface area contributed by atoms with Gasteiger partial charge in [0, 0.05) is 7.05 Å². The molecule has 2 rings (SSSR count). The molecule has 94 valence electrons. The van der Waals surface area contributed by atoms with E-state index < -0.39 is 0 Å². The van der Waals surface area contributed by atoms with Crippen molar-refractivity contribution in [2.75, 3.05) is 0 Å². The molecule has 1 aromatic carbocycles. The van der Waals surface area contributed by atoms with Crippen LogP contribution in [0.2, 0.25) is 0 Å². The molecule has 2 aromatic rings. The third-order valence-corrected chi connectivity index (χ3v) is 2.72. The van der Waals surface area contributed by atoms with Crippen LogP contribution in [0.1, 0.15) is 44.9 Å². The van der Waals surface area contributed by atoms with Crippen LogP contribution in [0.5, 0.6) is 0 Å². The number of hydrogen-bond acceptors (Lipinski definition) is 1. The lowest BCUT2D eigenvalue weighted by molar-refractivity contribution is 0.624. The van der Waals surface area contributed by atoms with Gasteiger partial charge in [0.2, 0.25) is 0 Å². The first kappa shape index (κ1) is 13.7. The number of rotatable bonds is 1. The van der Waals surface area contributed by atoms with Crippen LogP contribution in [0.3, 0.4) is 0 Å². The van der Waals surface area contributed by atoms with E-state index >= 15 is 0 Å². The van der Waals surface area contributed by atoms with Gasteiger partial charge in [0.15, 0.2) is 0 Å². The molecule has 2 nitrogen and oxygen atoms in total. The molecule has 0 aliphatic rings. The average Bonchev–Trinajstić information content (AvgIpc) is 2.64. The summed E-state index contributed by atoms with van der Waals surface area (Å²) in [5, 5.41) is 4.99. The second-order valence-electron chi connectivity index (χ2n) is 4.25. The van der Waals surface area contributed by atoms with Crippen LogP contribution >= 0.6 is 0 Å². The van der Waals surface area contributed by atoms with Crippen LogP contribution < -0.4 is 0 Å². The summed E-state index contributed by atoms with van der Waals surface area (Å²) >= 11 is 0. The predicted molar refractivity (Wildman–Crippen MR) is 70.8 cm³/mol. The highest BCUT2D eigenvalue weighted by Gasteiger charge is 2.16. The molecular weight excluding hydrogens is 215 g/mol. The predicted octanol–water partition coefficient (Wildman–Crippen LogP) is 4.17. The molecule has 0 aliphatic heterocycles. The summed E-state index contributed by atoms with van der Waals surface area (Å²) in [6.45, 7) is 9.89. The van der Waals surface area contributed by atoms with Crippen LogP contribution in [0.25, 0.3) is 10.9 Å². The van der Waals surface area contributed by atoms with Gasteiger partial charge in [0.1, 0.15) is 5.82 Å². The van der Waals surface area contributed by atoms with E-state index in [1.54, 1.807) is 17.7 Å². The molecule has 17 heavy (non-hydrogen) atoms. The number of halogens is 1. The lowest BCUT2D eigenvalue weighted by atomic mass is 10.0. The Morgan fingerprint density at radius 2 is 1.82 bits per heavy atom. The fraction of sp³-hybridized carbons (Fsp3) is 0.500. The summed E-state index contributed by atoms with van der Waals surface area (Å²) in [6, 6.07) is 3.65. The van der Waals surface area contributed by atoms with Crippen molar-refractivity contribution in [2.45, 2.75) is 40.5 Å². The van der Waals surface area contributed by atoms with Crippen molar-refractivity contribution in [2.24, 2.45) is 7.05 Å². The van der Waals surface area contributed by atoms with Gasteiger partial charge in [0.25, 0.3) is 0 Å². The number of benzene rings is 1. The van der Waals surface area contributed by atoms with E-state index in [1.165, 1.54) is 0 Å². The SMILES string of the molecule is CC.Cc1ccc2nn(C)c(C(C)C)c2c1F. The van der Waals surface area contributed by atoms with Gasteiger partial charge in [-0.05, 0) is 24.5 Å². The molecule has 0 saturated carbocycles. The maximum Gasteiger partial charge on any atom is 0.137 e. The molecule has 0 spiro atoms. The fourth-order valence-corrected chi connectivity index (χ4v) is 2.04. The van der Waals surface area contributed by atoms with Gasteiger partial charge in [-0.3, -0.25) is 4.68 Å². The maximum atomic E-state index is 14.0. The maximum absolute atomic E-state index is 14.0. The van der Waals surface area contributed by atoms with Crippen LogP contribution in [-0.2, 0) is 7.05 Å². The topological polar surface area (TPSA) is 17.8 Å². The molecule has 1 aromatic heterocycles. The molecule has 0 N–H and O–H groups in total. The van der Waals surface area contributed by atoms with Gasteiger partial charge in [-0.25, -0.2) is 4.39 Å². The molecule has 0 atom stereocenters. The Balaban J connectivity index is 0.000000686. The van der Waals surface area contributed by atoms with Crippen molar-refractivity contribution in [3.63, 3.8) is 0 Å². The van der Waals surface area contributed by atoms with Crippen LogP contribution in [0.4, 0.5) is 4.39 Å². The van der Waals surface area contributed by atoms with Crippen molar-refractivity contribution < 1.29 is 4.39 Å². The second-order valence-corrected chi connectivity index (χ2v) is 4.25.